The predicted octanol–water partition coefficient (Wildman–Crippen LogP) is 3.02. The molecule has 0 unspecified atom stereocenters. The van der Waals surface area contributed by atoms with E-state index in [1.807, 2.05) is 0 Å². The van der Waals surface area contributed by atoms with Crippen molar-refractivity contribution in [3.8, 4) is 5.69 Å². The first kappa shape index (κ1) is 23.1. The first-order valence-electron chi connectivity index (χ1n) is 9.27. The van der Waals surface area contributed by atoms with Gasteiger partial charge in [0.2, 0.25) is 5.43 Å². The van der Waals surface area contributed by atoms with Crippen molar-refractivity contribution in [2.24, 2.45) is 0 Å². The standard InChI is InChI=1S/C20H22F3N3O4/c1-13-12-16(27)18(19(29)24-11-7-3-4-10-17(28)30-2)25-26(13)15-9-6-5-8-14(15)20(21,22)23/h5-6,8-9,12H,3-4,7,10-11H2,1-2H3,(H,24,29). The van der Waals surface area contributed by atoms with Crippen molar-refractivity contribution < 1.29 is 27.5 Å². The molecule has 2 rings (SSSR count). The average molecular weight is 425 g/mol. The topological polar surface area (TPSA) is 90.3 Å². The average Bonchev–Trinajstić information content (AvgIpc) is 2.69. The molecule has 162 valence electrons. The molecular weight excluding hydrogens is 403 g/mol. The van der Waals surface area contributed by atoms with Crippen LogP contribution >= 0.6 is 0 Å². The summed E-state index contributed by atoms with van der Waals surface area (Å²) in [5, 5.41) is 6.43. The van der Waals surface area contributed by atoms with Gasteiger partial charge in [-0.1, -0.05) is 18.6 Å². The number of rotatable bonds is 8. The molecule has 0 fully saturated rings. The highest BCUT2D eigenvalue weighted by molar-refractivity contribution is 5.92. The van der Waals surface area contributed by atoms with E-state index in [1.165, 1.54) is 32.2 Å². The number of carbonyl (C=O) groups excluding carboxylic acids is 2. The smallest absolute Gasteiger partial charge is 0.418 e. The summed E-state index contributed by atoms with van der Waals surface area (Å²) >= 11 is 0. The summed E-state index contributed by atoms with van der Waals surface area (Å²) in [7, 11) is 1.30. The third-order valence-electron chi connectivity index (χ3n) is 4.33. The van der Waals surface area contributed by atoms with Crippen molar-refractivity contribution in [1.82, 2.24) is 15.1 Å². The molecule has 30 heavy (non-hydrogen) atoms. The van der Waals surface area contributed by atoms with E-state index in [-0.39, 0.29) is 30.3 Å². The summed E-state index contributed by atoms with van der Waals surface area (Å²) in [6, 6.07) is 5.86. The molecule has 1 N–H and O–H groups in total. The fraction of sp³-hybridized carbons (Fsp3) is 0.400. The lowest BCUT2D eigenvalue weighted by Crippen LogP contribution is -2.32. The van der Waals surface area contributed by atoms with Crippen LogP contribution in [0.2, 0.25) is 0 Å². The van der Waals surface area contributed by atoms with Crippen LogP contribution in [0.25, 0.3) is 5.69 Å². The minimum atomic E-state index is -4.62. The van der Waals surface area contributed by atoms with Gasteiger partial charge in [0.25, 0.3) is 5.91 Å². The van der Waals surface area contributed by atoms with E-state index in [1.54, 1.807) is 0 Å². The van der Waals surface area contributed by atoms with Crippen LogP contribution in [0.5, 0.6) is 0 Å². The number of amides is 1. The minimum absolute atomic E-state index is 0.163. The molecule has 10 heteroatoms. The molecule has 0 saturated carbocycles. The van der Waals surface area contributed by atoms with Crippen LogP contribution < -0.4 is 10.7 Å². The van der Waals surface area contributed by atoms with Crippen LogP contribution in [0, 0.1) is 6.92 Å². The first-order valence-corrected chi connectivity index (χ1v) is 9.27. The number of unbranched alkanes of at least 4 members (excludes halogenated alkanes) is 2. The number of halogens is 3. The Bertz CT molecular complexity index is 970. The van der Waals surface area contributed by atoms with E-state index < -0.39 is 28.8 Å². The summed E-state index contributed by atoms with van der Waals surface area (Å²) in [6.07, 6.45) is -2.56. The maximum Gasteiger partial charge on any atom is 0.418 e. The Morgan fingerprint density at radius 3 is 2.53 bits per heavy atom. The van der Waals surface area contributed by atoms with Gasteiger partial charge in [-0.3, -0.25) is 14.4 Å². The van der Waals surface area contributed by atoms with E-state index in [4.69, 9.17) is 0 Å². The largest absolute Gasteiger partial charge is 0.469 e. The lowest BCUT2D eigenvalue weighted by molar-refractivity contribution is -0.140. The SMILES string of the molecule is COC(=O)CCCCCNC(=O)c1nn(-c2ccccc2C(F)(F)F)c(C)cc1=O. The lowest BCUT2D eigenvalue weighted by atomic mass is 10.1. The summed E-state index contributed by atoms with van der Waals surface area (Å²) in [5.41, 5.74) is -2.22. The van der Waals surface area contributed by atoms with Crippen molar-refractivity contribution in [2.45, 2.75) is 38.8 Å². The highest BCUT2D eigenvalue weighted by Gasteiger charge is 2.34. The number of aryl methyl sites for hydroxylation is 1. The normalized spacial score (nSPS) is 11.2. The number of aromatic nitrogens is 2. The second-order valence-corrected chi connectivity index (χ2v) is 6.57. The molecule has 0 atom stereocenters. The van der Waals surface area contributed by atoms with Crippen LogP contribution in [0.3, 0.4) is 0 Å². The molecule has 1 aromatic carbocycles. The Morgan fingerprint density at radius 1 is 1.17 bits per heavy atom. The van der Waals surface area contributed by atoms with Gasteiger partial charge in [0.1, 0.15) is 0 Å². The number of hydrogen-bond acceptors (Lipinski definition) is 5. The molecule has 0 spiro atoms. The zero-order chi connectivity index (χ0) is 22.3. The molecule has 0 bridgehead atoms. The van der Waals surface area contributed by atoms with Crippen LogP contribution in [0.4, 0.5) is 13.2 Å². The minimum Gasteiger partial charge on any atom is -0.469 e. The van der Waals surface area contributed by atoms with E-state index in [0.717, 1.165) is 16.8 Å². The predicted molar refractivity (Wildman–Crippen MR) is 102 cm³/mol. The molecule has 0 saturated heterocycles. The summed E-state index contributed by atoms with van der Waals surface area (Å²) < 4.78 is 45.5. The third-order valence-corrected chi connectivity index (χ3v) is 4.33. The van der Waals surface area contributed by atoms with Gasteiger partial charge in [-0.05, 0) is 31.9 Å². The van der Waals surface area contributed by atoms with Crippen LogP contribution in [-0.4, -0.2) is 35.3 Å². The first-order chi connectivity index (χ1) is 14.1. The van der Waals surface area contributed by atoms with Gasteiger partial charge in [-0.15, -0.1) is 0 Å². The Morgan fingerprint density at radius 2 is 1.87 bits per heavy atom. The van der Waals surface area contributed by atoms with Crippen molar-refractivity contribution in [2.75, 3.05) is 13.7 Å². The summed E-state index contributed by atoms with van der Waals surface area (Å²) in [6.45, 7) is 1.67. The van der Waals surface area contributed by atoms with E-state index in [0.29, 0.717) is 19.3 Å². The number of hydrogen-bond donors (Lipinski definition) is 1. The highest BCUT2D eigenvalue weighted by atomic mass is 19.4. The van der Waals surface area contributed by atoms with Gasteiger partial charge in [0.05, 0.1) is 18.4 Å². The molecule has 1 heterocycles. The lowest BCUT2D eigenvalue weighted by Gasteiger charge is -2.16. The highest BCUT2D eigenvalue weighted by Crippen LogP contribution is 2.33. The zero-order valence-corrected chi connectivity index (χ0v) is 16.6. The molecule has 0 aliphatic heterocycles. The Hall–Kier alpha value is -3.17. The van der Waals surface area contributed by atoms with E-state index in [2.05, 4.69) is 15.2 Å². The third kappa shape index (κ3) is 5.91. The van der Waals surface area contributed by atoms with Gasteiger partial charge >= 0.3 is 12.1 Å². The number of para-hydroxylation sites is 1. The number of nitrogens with one attached hydrogen (secondary N) is 1. The number of alkyl halides is 3. The molecular formula is C20H22F3N3O4. The van der Waals surface area contributed by atoms with Gasteiger partial charge in [0.15, 0.2) is 5.69 Å². The van der Waals surface area contributed by atoms with Gasteiger partial charge in [0, 0.05) is 24.7 Å². The van der Waals surface area contributed by atoms with Gasteiger partial charge < -0.3 is 10.1 Å². The number of carbonyl (C=O) groups is 2. The Kier molecular flexibility index (Phi) is 7.73. The van der Waals surface area contributed by atoms with Crippen LogP contribution in [0.1, 0.15) is 47.4 Å². The number of ether oxygens (including phenoxy) is 1. The molecule has 0 radical (unpaired) electrons. The van der Waals surface area contributed by atoms with Crippen molar-refractivity contribution in [3.05, 3.63) is 57.5 Å². The number of benzene rings is 1. The molecule has 0 aliphatic rings. The van der Waals surface area contributed by atoms with E-state index >= 15 is 0 Å². The van der Waals surface area contributed by atoms with Crippen LogP contribution in [0.15, 0.2) is 35.1 Å². The second-order valence-electron chi connectivity index (χ2n) is 6.57. The second kappa shape index (κ2) is 10.0. The number of esters is 1. The quantitative estimate of drug-likeness (QED) is 0.519. The maximum absolute atomic E-state index is 13.3. The Balaban J connectivity index is 2.15. The fourth-order valence-corrected chi connectivity index (χ4v) is 2.81. The van der Waals surface area contributed by atoms with Crippen molar-refractivity contribution in [3.63, 3.8) is 0 Å². The van der Waals surface area contributed by atoms with Gasteiger partial charge in [-0.2, -0.15) is 18.3 Å². The summed E-state index contributed by atoms with van der Waals surface area (Å²) in [5.74, 6) is -1.09. The number of methoxy groups -OCH3 is 1. The Labute approximate surface area is 170 Å². The van der Waals surface area contributed by atoms with Crippen molar-refractivity contribution >= 4 is 11.9 Å². The van der Waals surface area contributed by atoms with Crippen LogP contribution in [-0.2, 0) is 15.7 Å². The number of nitrogens with zero attached hydrogens (tertiary/aromatic N) is 2. The molecule has 2 aromatic rings. The fourth-order valence-electron chi connectivity index (χ4n) is 2.81. The summed E-state index contributed by atoms with van der Waals surface area (Å²) in [4.78, 5) is 35.6. The van der Waals surface area contributed by atoms with E-state index in [9.17, 15) is 27.6 Å². The zero-order valence-electron chi connectivity index (χ0n) is 16.6. The molecule has 1 aromatic heterocycles. The maximum atomic E-state index is 13.3. The molecule has 1 amide bonds. The monoisotopic (exact) mass is 425 g/mol. The van der Waals surface area contributed by atoms with Gasteiger partial charge in [-0.25, -0.2) is 4.68 Å². The van der Waals surface area contributed by atoms with Crippen molar-refractivity contribution in [1.29, 1.82) is 0 Å². The molecule has 0 aliphatic carbocycles. The molecule has 7 nitrogen and oxygen atoms in total.